The Morgan fingerprint density at radius 1 is 1.06 bits per heavy atom. The molecule has 0 aliphatic carbocycles. The molecule has 3 aromatic carbocycles. The number of fused-ring (bicyclic) bond motifs is 1. The van der Waals surface area contributed by atoms with Gasteiger partial charge >= 0.3 is 12.0 Å². The number of nitrogens with zero attached hydrogens (tertiary/aromatic N) is 1. The third-order valence-electron chi connectivity index (χ3n) is 5.45. The van der Waals surface area contributed by atoms with E-state index in [4.69, 9.17) is 25.8 Å². The Morgan fingerprint density at radius 3 is 2.68 bits per heavy atom. The number of esters is 1. The minimum absolute atomic E-state index is 0.294. The Bertz CT molecular complexity index is 1180. The van der Waals surface area contributed by atoms with Gasteiger partial charge in [0.05, 0.1) is 44.7 Å². The minimum Gasteiger partial charge on any atom is -0.491 e. The number of amides is 2. The molecule has 1 aliphatic heterocycles. The first-order chi connectivity index (χ1) is 16.5. The molecule has 8 heteroatoms. The van der Waals surface area contributed by atoms with Crippen molar-refractivity contribution in [2.24, 2.45) is 0 Å². The zero-order valence-corrected chi connectivity index (χ0v) is 19.5. The standard InChI is InChI=1S/C26H25ClN2O5/c1-32-25(30)21-7-3-5-9-23(21)28-26(31)29-12-13-34-24-11-10-18(14-20(24)15-29)16-33-17-19-6-2-4-8-22(19)27/h2-11,14H,12-13,15-17H2,1H3,(H,28,31). The number of ether oxygens (including phenoxy) is 3. The topological polar surface area (TPSA) is 77.1 Å². The van der Waals surface area contributed by atoms with E-state index in [1.807, 2.05) is 42.5 Å². The van der Waals surface area contributed by atoms with Gasteiger partial charge in [0.25, 0.3) is 0 Å². The zero-order chi connectivity index (χ0) is 23.9. The summed E-state index contributed by atoms with van der Waals surface area (Å²) < 4.78 is 16.5. The molecule has 0 spiro atoms. The molecular weight excluding hydrogens is 456 g/mol. The molecule has 176 valence electrons. The van der Waals surface area contributed by atoms with Crippen LogP contribution in [0.1, 0.15) is 27.0 Å². The molecule has 1 heterocycles. The van der Waals surface area contributed by atoms with Crippen LogP contribution in [0.3, 0.4) is 0 Å². The van der Waals surface area contributed by atoms with Crippen LogP contribution in [0.4, 0.5) is 10.5 Å². The summed E-state index contributed by atoms with van der Waals surface area (Å²) >= 11 is 6.19. The fourth-order valence-electron chi connectivity index (χ4n) is 3.68. The number of hydrogen-bond acceptors (Lipinski definition) is 5. The van der Waals surface area contributed by atoms with Crippen molar-refractivity contribution < 1.29 is 23.8 Å². The van der Waals surface area contributed by atoms with Gasteiger partial charge in [0.2, 0.25) is 0 Å². The third kappa shape index (κ3) is 5.68. The maximum Gasteiger partial charge on any atom is 0.339 e. The van der Waals surface area contributed by atoms with E-state index in [1.54, 1.807) is 29.2 Å². The first-order valence-corrected chi connectivity index (χ1v) is 11.2. The molecule has 1 aliphatic rings. The quantitative estimate of drug-likeness (QED) is 0.486. The molecule has 3 aromatic rings. The lowest BCUT2D eigenvalue weighted by atomic mass is 10.1. The van der Waals surface area contributed by atoms with Crippen LogP contribution < -0.4 is 10.1 Å². The summed E-state index contributed by atoms with van der Waals surface area (Å²) in [6.45, 7) is 1.93. The van der Waals surface area contributed by atoms with Crippen molar-refractivity contribution in [2.75, 3.05) is 25.6 Å². The van der Waals surface area contributed by atoms with Crippen molar-refractivity contribution in [3.05, 3.63) is 94.0 Å². The highest BCUT2D eigenvalue weighted by Crippen LogP contribution is 2.26. The van der Waals surface area contributed by atoms with E-state index in [-0.39, 0.29) is 6.03 Å². The second-order valence-electron chi connectivity index (χ2n) is 7.76. The molecule has 0 saturated carbocycles. The van der Waals surface area contributed by atoms with Gasteiger partial charge in [-0.3, -0.25) is 0 Å². The summed E-state index contributed by atoms with van der Waals surface area (Å²) in [6, 6.07) is 19.8. The average Bonchev–Trinajstić information content (AvgIpc) is 3.07. The van der Waals surface area contributed by atoms with Crippen molar-refractivity contribution in [3.8, 4) is 5.75 Å². The van der Waals surface area contributed by atoms with Crippen LogP contribution in [0.2, 0.25) is 5.02 Å². The minimum atomic E-state index is -0.512. The Hall–Kier alpha value is -3.55. The summed E-state index contributed by atoms with van der Waals surface area (Å²) in [6.07, 6.45) is 0. The molecular formula is C26H25ClN2O5. The van der Waals surface area contributed by atoms with Gasteiger partial charge in [-0.05, 0) is 41.5 Å². The summed E-state index contributed by atoms with van der Waals surface area (Å²) in [5, 5.41) is 3.49. The van der Waals surface area contributed by atoms with Crippen molar-refractivity contribution in [2.45, 2.75) is 19.8 Å². The molecule has 1 N–H and O–H groups in total. The number of urea groups is 1. The molecule has 0 radical (unpaired) electrons. The Balaban J connectivity index is 1.42. The Morgan fingerprint density at radius 2 is 1.85 bits per heavy atom. The van der Waals surface area contributed by atoms with E-state index in [1.165, 1.54) is 7.11 Å². The summed E-state index contributed by atoms with van der Waals surface area (Å²) in [7, 11) is 1.31. The highest BCUT2D eigenvalue weighted by molar-refractivity contribution is 6.31. The maximum atomic E-state index is 13.0. The number of para-hydroxylation sites is 1. The van der Waals surface area contributed by atoms with Gasteiger partial charge in [-0.1, -0.05) is 48.0 Å². The highest BCUT2D eigenvalue weighted by atomic mass is 35.5. The number of halogens is 1. The number of anilines is 1. The van der Waals surface area contributed by atoms with Crippen LogP contribution in [0.25, 0.3) is 0 Å². The highest BCUT2D eigenvalue weighted by Gasteiger charge is 2.22. The van der Waals surface area contributed by atoms with Gasteiger partial charge in [-0.2, -0.15) is 0 Å². The van der Waals surface area contributed by atoms with E-state index in [0.29, 0.717) is 49.2 Å². The smallest absolute Gasteiger partial charge is 0.339 e. The lowest BCUT2D eigenvalue weighted by molar-refractivity contribution is 0.0602. The number of benzene rings is 3. The van der Waals surface area contributed by atoms with E-state index >= 15 is 0 Å². The predicted octanol–water partition coefficient (Wildman–Crippen LogP) is 5.27. The molecule has 0 saturated heterocycles. The number of rotatable bonds is 6. The fourth-order valence-corrected chi connectivity index (χ4v) is 3.87. The summed E-state index contributed by atoms with van der Waals surface area (Å²) in [5.74, 6) is 0.224. The SMILES string of the molecule is COC(=O)c1ccccc1NC(=O)N1CCOc2ccc(COCc3ccccc3Cl)cc2C1. The molecule has 0 fully saturated rings. The van der Waals surface area contributed by atoms with Crippen molar-refractivity contribution in [3.63, 3.8) is 0 Å². The number of carbonyl (C=O) groups excluding carboxylic acids is 2. The molecule has 0 unspecified atom stereocenters. The van der Waals surface area contributed by atoms with E-state index < -0.39 is 5.97 Å². The van der Waals surface area contributed by atoms with Crippen LogP contribution in [-0.2, 0) is 29.2 Å². The number of carbonyl (C=O) groups is 2. The molecule has 34 heavy (non-hydrogen) atoms. The molecule has 0 aromatic heterocycles. The normalized spacial score (nSPS) is 12.8. The lowest BCUT2D eigenvalue weighted by Crippen LogP contribution is -2.36. The van der Waals surface area contributed by atoms with Gasteiger partial charge in [0.15, 0.2) is 0 Å². The van der Waals surface area contributed by atoms with E-state index in [2.05, 4.69) is 5.32 Å². The van der Waals surface area contributed by atoms with Crippen molar-refractivity contribution in [1.29, 1.82) is 0 Å². The van der Waals surface area contributed by atoms with Crippen LogP contribution in [0, 0.1) is 0 Å². The van der Waals surface area contributed by atoms with Crippen LogP contribution in [0.15, 0.2) is 66.7 Å². The molecule has 0 atom stereocenters. The first kappa shape index (κ1) is 23.6. The van der Waals surface area contributed by atoms with Crippen LogP contribution in [-0.4, -0.2) is 37.2 Å². The molecule has 0 bridgehead atoms. The predicted molar refractivity (Wildman–Crippen MR) is 129 cm³/mol. The second kappa shape index (κ2) is 11.0. The van der Waals surface area contributed by atoms with Gasteiger partial charge in [-0.25, -0.2) is 9.59 Å². The lowest BCUT2D eigenvalue weighted by Gasteiger charge is -2.21. The van der Waals surface area contributed by atoms with Crippen LogP contribution >= 0.6 is 11.6 Å². The van der Waals surface area contributed by atoms with Gasteiger partial charge in [-0.15, -0.1) is 0 Å². The second-order valence-corrected chi connectivity index (χ2v) is 8.17. The van der Waals surface area contributed by atoms with Gasteiger partial charge in [0, 0.05) is 10.6 Å². The number of nitrogens with one attached hydrogen (secondary N) is 1. The Kier molecular flexibility index (Phi) is 7.67. The third-order valence-corrected chi connectivity index (χ3v) is 5.82. The molecule has 7 nitrogen and oxygen atoms in total. The maximum absolute atomic E-state index is 13.0. The summed E-state index contributed by atoms with van der Waals surface area (Å²) in [5.41, 5.74) is 3.46. The average molecular weight is 481 g/mol. The largest absolute Gasteiger partial charge is 0.491 e. The number of hydrogen-bond donors (Lipinski definition) is 1. The zero-order valence-electron chi connectivity index (χ0n) is 18.8. The Labute approximate surface area is 203 Å². The van der Waals surface area contributed by atoms with Crippen molar-refractivity contribution in [1.82, 2.24) is 4.90 Å². The van der Waals surface area contributed by atoms with E-state index in [0.717, 1.165) is 22.4 Å². The number of methoxy groups -OCH3 is 1. The fraction of sp³-hybridized carbons (Fsp3) is 0.231. The summed E-state index contributed by atoms with van der Waals surface area (Å²) in [4.78, 5) is 26.7. The first-order valence-electron chi connectivity index (χ1n) is 10.8. The molecule has 4 rings (SSSR count). The molecule has 2 amide bonds. The monoisotopic (exact) mass is 480 g/mol. The van der Waals surface area contributed by atoms with Gasteiger partial charge in [0.1, 0.15) is 12.4 Å². The van der Waals surface area contributed by atoms with E-state index in [9.17, 15) is 9.59 Å². The van der Waals surface area contributed by atoms with Crippen molar-refractivity contribution >= 4 is 29.3 Å². The van der Waals surface area contributed by atoms with Crippen LogP contribution in [0.5, 0.6) is 5.75 Å². The van der Waals surface area contributed by atoms with Gasteiger partial charge < -0.3 is 24.4 Å².